The number of hydrogen-bond donors (Lipinski definition) is 1. The number of aromatic nitrogens is 2. The van der Waals surface area contributed by atoms with E-state index in [9.17, 15) is 4.79 Å². The van der Waals surface area contributed by atoms with Crippen molar-refractivity contribution >= 4 is 34.7 Å². The molecular formula is C19H21N3OS. The summed E-state index contributed by atoms with van der Waals surface area (Å²) in [6, 6.07) is 18.2. The van der Waals surface area contributed by atoms with Gasteiger partial charge in [-0.25, -0.2) is 4.98 Å². The van der Waals surface area contributed by atoms with Gasteiger partial charge in [0.25, 0.3) is 0 Å². The van der Waals surface area contributed by atoms with Gasteiger partial charge in [0.1, 0.15) is 0 Å². The van der Waals surface area contributed by atoms with Crippen LogP contribution in [-0.2, 0) is 17.1 Å². The number of nitrogens with one attached hydrogen (secondary N) is 1. The van der Waals surface area contributed by atoms with Crippen LogP contribution in [0.1, 0.15) is 18.9 Å². The molecule has 3 rings (SSSR count). The monoisotopic (exact) mass is 339 g/mol. The van der Waals surface area contributed by atoms with Crippen LogP contribution in [0.2, 0.25) is 0 Å². The minimum absolute atomic E-state index is 0.0106. The van der Waals surface area contributed by atoms with E-state index in [0.717, 1.165) is 29.8 Å². The first kappa shape index (κ1) is 16.6. The SMILES string of the molecule is CCCn1c(NC(=O)CSCc2ccccc2)nc2ccccc21. The molecule has 0 fully saturated rings. The van der Waals surface area contributed by atoms with Crippen LogP contribution in [0.3, 0.4) is 0 Å². The Morgan fingerprint density at radius 1 is 1.12 bits per heavy atom. The first-order valence-corrected chi connectivity index (χ1v) is 9.30. The van der Waals surface area contributed by atoms with E-state index in [-0.39, 0.29) is 5.91 Å². The molecule has 1 N–H and O–H groups in total. The average Bonchev–Trinajstić information content (AvgIpc) is 2.94. The molecule has 24 heavy (non-hydrogen) atoms. The molecule has 1 aromatic heterocycles. The number of benzene rings is 2. The number of rotatable bonds is 7. The van der Waals surface area contributed by atoms with Crippen LogP contribution >= 0.6 is 11.8 Å². The number of amides is 1. The van der Waals surface area contributed by atoms with E-state index in [4.69, 9.17) is 0 Å². The fraction of sp³-hybridized carbons (Fsp3) is 0.263. The molecule has 1 heterocycles. The summed E-state index contributed by atoms with van der Waals surface area (Å²) in [5, 5.41) is 2.96. The van der Waals surface area contributed by atoms with E-state index in [0.29, 0.717) is 11.7 Å². The van der Waals surface area contributed by atoms with Gasteiger partial charge in [0.15, 0.2) is 0 Å². The predicted octanol–water partition coefficient (Wildman–Crippen LogP) is 4.32. The maximum atomic E-state index is 12.3. The van der Waals surface area contributed by atoms with Crippen LogP contribution in [0.4, 0.5) is 5.95 Å². The number of carbonyl (C=O) groups excluding carboxylic acids is 1. The van der Waals surface area contributed by atoms with Crippen molar-refractivity contribution in [3.05, 3.63) is 60.2 Å². The van der Waals surface area contributed by atoms with Crippen LogP contribution in [0.5, 0.6) is 0 Å². The first-order valence-electron chi connectivity index (χ1n) is 8.14. The number of imidazole rings is 1. The standard InChI is InChI=1S/C19H21N3OS/c1-2-12-22-17-11-7-6-10-16(17)20-19(22)21-18(23)14-24-13-15-8-4-3-5-9-15/h3-11H,2,12-14H2,1H3,(H,20,21,23). The van der Waals surface area contributed by atoms with Crippen LogP contribution in [0.15, 0.2) is 54.6 Å². The van der Waals surface area contributed by atoms with Gasteiger partial charge in [0, 0.05) is 12.3 Å². The number of carbonyl (C=O) groups is 1. The number of anilines is 1. The predicted molar refractivity (Wildman–Crippen MR) is 101 cm³/mol. The number of hydrogen-bond acceptors (Lipinski definition) is 3. The zero-order valence-corrected chi connectivity index (χ0v) is 14.6. The Hall–Kier alpha value is -2.27. The highest BCUT2D eigenvalue weighted by atomic mass is 32.2. The molecule has 0 bridgehead atoms. The van der Waals surface area contributed by atoms with Crippen LogP contribution in [0, 0.1) is 0 Å². The normalized spacial score (nSPS) is 10.9. The summed E-state index contributed by atoms with van der Waals surface area (Å²) >= 11 is 1.61. The van der Waals surface area contributed by atoms with E-state index in [1.54, 1.807) is 11.8 Å². The number of aryl methyl sites for hydroxylation is 1. The Kier molecular flexibility index (Phi) is 5.54. The van der Waals surface area contributed by atoms with Gasteiger partial charge in [-0.1, -0.05) is 49.4 Å². The summed E-state index contributed by atoms with van der Waals surface area (Å²) in [7, 11) is 0. The fourth-order valence-corrected chi connectivity index (χ4v) is 3.41. The molecule has 0 radical (unpaired) electrons. The van der Waals surface area contributed by atoms with Crippen molar-refractivity contribution in [2.24, 2.45) is 0 Å². The summed E-state index contributed by atoms with van der Waals surface area (Å²) in [6.45, 7) is 2.96. The largest absolute Gasteiger partial charge is 0.310 e. The molecule has 1 amide bonds. The second kappa shape index (κ2) is 8.02. The Bertz CT molecular complexity index is 814. The van der Waals surface area contributed by atoms with E-state index >= 15 is 0 Å². The van der Waals surface area contributed by atoms with Gasteiger partial charge in [-0.3, -0.25) is 10.1 Å². The van der Waals surface area contributed by atoms with Gasteiger partial charge in [-0.05, 0) is 24.1 Å². The Morgan fingerprint density at radius 2 is 1.88 bits per heavy atom. The first-order chi connectivity index (χ1) is 11.8. The van der Waals surface area contributed by atoms with Crippen LogP contribution in [-0.4, -0.2) is 21.2 Å². The van der Waals surface area contributed by atoms with Crippen molar-refractivity contribution in [3.63, 3.8) is 0 Å². The van der Waals surface area contributed by atoms with Crippen LogP contribution in [0.25, 0.3) is 11.0 Å². The van der Waals surface area contributed by atoms with Gasteiger partial charge in [-0.15, -0.1) is 11.8 Å². The third kappa shape index (κ3) is 3.97. The summed E-state index contributed by atoms with van der Waals surface area (Å²) < 4.78 is 2.08. The Balaban J connectivity index is 1.63. The molecule has 0 spiro atoms. The van der Waals surface area contributed by atoms with Gasteiger partial charge in [0.05, 0.1) is 16.8 Å². The van der Waals surface area contributed by atoms with E-state index in [1.165, 1.54) is 5.56 Å². The molecule has 0 atom stereocenters. The van der Waals surface area contributed by atoms with Crippen molar-refractivity contribution in [1.29, 1.82) is 0 Å². The number of para-hydroxylation sites is 2. The highest BCUT2D eigenvalue weighted by Crippen LogP contribution is 2.20. The highest BCUT2D eigenvalue weighted by molar-refractivity contribution is 7.99. The summed E-state index contributed by atoms with van der Waals surface area (Å²) in [5.74, 6) is 1.89. The maximum Gasteiger partial charge on any atom is 0.236 e. The highest BCUT2D eigenvalue weighted by Gasteiger charge is 2.12. The van der Waals surface area contributed by atoms with Crippen molar-refractivity contribution in [1.82, 2.24) is 9.55 Å². The maximum absolute atomic E-state index is 12.3. The average molecular weight is 339 g/mol. The molecule has 0 aliphatic heterocycles. The molecular weight excluding hydrogens is 318 g/mol. The lowest BCUT2D eigenvalue weighted by molar-refractivity contribution is -0.113. The summed E-state index contributed by atoms with van der Waals surface area (Å²) in [6.07, 6.45) is 0.992. The molecule has 0 saturated carbocycles. The fourth-order valence-electron chi connectivity index (χ4n) is 2.62. The number of fused-ring (bicyclic) bond motifs is 1. The quantitative estimate of drug-likeness (QED) is 0.697. The number of thioether (sulfide) groups is 1. The molecule has 3 aromatic rings. The smallest absolute Gasteiger partial charge is 0.236 e. The molecule has 2 aromatic carbocycles. The second-order valence-corrected chi connectivity index (χ2v) is 6.59. The zero-order chi connectivity index (χ0) is 16.8. The van der Waals surface area contributed by atoms with Crippen molar-refractivity contribution in [2.45, 2.75) is 25.6 Å². The minimum Gasteiger partial charge on any atom is -0.310 e. The van der Waals surface area contributed by atoms with Crippen LogP contribution < -0.4 is 5.32 Å². The zero-order valence-electron chi connectivity index (χ0n) is 13.7. The number of nitrogens with zero attached hydrogens (tertiary/aromatic N) is 2. The van der Waals surface area contributed by atoms with E-state index in [1.807, 2.05) is 42.5 Å². The van der Waals surface area contributed by atoms with E-state index in [2.05, 4.69) is 33.9 Å². The third-order valence-electron chi connectivity index (χ3n) is 3.70. The lowest BCUT2D eigenvalue weighted by atomic mass is 10.2. The van der Waals surface area contributed by atoms with Crippen molar-refractivity contribution in [2.75, 3.05) is 11.1 Å². The Morgan fingerprint density at radius 3 is 2.67 bits per heavy atom. The van der Waals surface area contributed by atoms with Gasteiger partial charge in [0.2, 0.25) is 11.9 Å². The van der Waals surface area contributed by atoms with Gasteiger partial charge < -0.3 is 4.57 Å². The molecule has 0 saturated heterocycles. The topological polar surface area (TPSA) is 46.9 Å². The van der Waals surface area contributed by atoms with Gasteiger partial charge >= 0.3 is 0 Å². The second-order valence-electron chi connectivity index (χ2n) is 5.60. The van der Waals surface area contributed by atoms with Crippen molar-refractivity contribution in [3.8, 4) is 0 Å². The Labute approximate surface area is 146 Å². The molecule has 124 valence electrons. The summed E-state index contributed by atoms with van der Waals surface area (Å²) in [4.78, 5) is 16.8. The molecule has 4 nitrogen and oxygen atoms in total. The molecule has 0 aliphatic rings. The van der Waals surface area contributed by atoms with Crippen molar-refractivity contribution < 1.29 is 4.79 Å². The molecule has 5 heteroatoms. The van der Waals surface area contributed by atoms with E-state index < -0.39 is 0 Å². The lowest BCUT2D eigenvalue weighted by Crippen LogP contribution is -2.18. The lowest BCUT2D eigenvalue weighted by Gasteiger charge is -2.09. The summed E-state index contributed by atoms with van der Waals surface area (Å²) in [5.41, 5.74) is 3.21. The minimum atomic E-state index is -0.0106. The molecule has 0 aliphatic carbocycles. The third-order valence-corrected chi connectivity index (χ3v) is 4.70. The molecule has 0 unspecified atom stereocenters. The van der Waals surface area contributed by atoms with Gasteiger partial charge in [-0.2, -0.15) is 0 Å².